The zero-order valence-corrected chi connectivity index (χ0v) is 17.7. The van der Waals surface area contributed by atoms with Crippen molar-refractivity contribution in [3.63, 3.8) is 0 Å². The fraction of sp³-hybridized carbons (Fsp3) is 0.526. The summed E-state index contributed by atoms with van der Waals surface area (Å²) in [6, 6.07) is 9.38. The van der Waals surface area contributed by atoms with E-state index in [9.17, 15) is 8.42 Å². The molecular weight excluding hydrogens is 416 g/mol. The molecule has 4 rings (SSSR count). The van der Waals surface area contributed by atoms with Gasteiger partial charge >= 0.3 is 0 Å². The molecule has 0 amide bonds. The molecule has 8 nitrogen and oxygen atoms in total. The van der Waals surface area contributed by atoms with Gasteiger partial charge in [0, 0.05) is 44.2 Å². The highest BCUT2D eigenvalue weighted by Crippen LogP contribution is 2.29. The van der Waals surface area contributed by atoms with Crippen LogP contribution in [0.2, 0.25) is 5.02 Å². The molecule has 0 aliphatic carbocycles. The van der Waals surface area contributed by atoms with Gasteiger partial charge in [0.25, 0.3) is 10.2 Å². The number of aromatic amines is 1. The second-order valence-corrected chi connectivity index (χ2v) is 9.55. The molecule has 2 fully saturated rings. The van der Waals surface area contributed by atoms with Crippen molar-refractivity contribution in [3.05, 3.63) is 46.7 Å². The minimum Gasteiger partial charge on any atom is -0.492 e. The summed E-state index contributed by atoms with van der Waals surface area (Å²) in [5.41, 5.74) is 1.86. The Hall–Kier alpha value is -1.65. The van der Waals surface area contributed by atoms with E-state index < -0.39 is 10.2 Å². The molecule has 10 heteroatoms. The van der Waals surface area contributed by atoms with Gasteiger partial charge in [0.15, 0.2) is 0 Å². The maximum Gasteiger partial charge on any atom is 0.282 e. The fourth-order valence-electron chi connectivity index (χ4n) is 3.67. The topological polar surface area (TPSA) is 87.8 Å². The summed E-state index contributed by atoms with van der Waals surface area (Å²) in [4.78, 5) is 0. The number of para-hydroxylation sites is 1. The van der Waals surface area contributed by atoms with Crippen LogP contribution in [0.3, 0.4) is 0 Å². The van der Waals surface area contributed by atoms with Crippen LogP contribution in [0.5, 0.6) is 5.75 Å². The molecule has 0 bridgehead atoms. The molecule has 0 spiro atoms. The normalized spacial score (nSPS) is 21.5. The first-order chi connectivity index (χ1) is 14.0. The standard InChI is InChI=1S/C19H25ClN4O4S/c20-17-3-1-2-4-19(17)28-10-6-16-13-18(22-21-16)15-5-7-24(14-15)29(25,26)23-8-11-27-12-9-23/h1-4,13,15H,5-12,14H2,(H,21,22)/t15-/m1/s1. The van der Waals surface area contributed by atoms with Gasteiger partial charge in [-0.1, -0.05) is 23.7 Å². The van der Waals surface area contributed by atoms with Gasteiger partial charge in [-0.05, 0) is 24.6 Å². The molecule has 3 heterocycles. The minimum atomic E-state index is -3.43. The number of nitrogens with one attached hydrogen (secondary N) is 1. The number of benzene rings is 1. The second-order valence-electron chi connectivity index (χ2n) is 7.21. The van der Waals surface area contributed by atoms with Crippen LogP contribution in [0.25, 0.3) is 0 Å². The quantitative estimate of drug-likeness (QED) is 0.711. The van der Waals surface area contributed by atoms with Crippen molar-refractivity contribution in [2.75, 3.05) is 46.0 Å². The Morgan fingerprint density at radius 1 is 1.21 bits per heavy atom. The first-order valence-electron chi connectivity index (χ1n) is 9.78. The Morgan fingerprint density at radius 3 is 2.79 bits per heavy atom. The molecule has 2 aliphatic heterocycles. The van der Waals surface area contributed by atoms with Gasteiger partial charge in [0.05, 0.1) is 30.5 Å². The lowest BCUT2D eigenvalue weighted by atomic mass is 10.0. The molecular formula is C19H25ClN4O4S. The van der Waals surface area contributed by atoms with Crippen LogP contribution in [-0.4, -0.2) is 73.2 Å². The maximum absolute atomic E-state index is 12.8. The average molecular weight is 441 g/mol. The second kappa shape index (κ2) is 9.01. The summed E-state index contributed by atoms with van der Waals surface area (Å²) in [5.74, 6) is 0.758. The van der Waals surface area contributed by atoms with Gasteiger partial charge in [0.2, 0.25) is 0 Å². The van der Waals surface area contributed by atoms with Crippen molar-refractivity contribution in [3.8, 4) is 5.75 Å². The third kappa shape index (κ3) is 4.75. The lowest BCUT2D eigenvalue weighted by Crippen LogP contribution is -2.47. The van der Waals surface area contributed by atoms with Crippen LogP contribution in [0, 0.1) is 0 Å². The summed E-state index contributed by atoms with van der Waals surface area (Å²) in [7, 11) is -3.43. The predicted octanol–water partition coefficient (Wildman–Crippen LogP) is 2.05. The fourth-order valence-corrected chi connectivity index (χ4v) is 5.50. The number of hydrogen-bond donors (Lipinski definition) is 1. The van der Waals surface area contributed by atoms with Crippen LogP contribution in [0.1, 0.15) is 23.7 Å². The highest BCUT2D eigenvalue weighted by atomic mass is 35.5. The molecule has 1 atom stereocenters. The lowest BCUT2D eigenvalue weighted by molar-refractivity contribution is 0.0705. The Kier molecular flexibility index (Phi) is 6.41. The highest BCUT2D eigenvalue weighted by Gasteiger charge is 2.37. The number of ether oxygens (including phenoxy) is 2. The smallest absolute Gasteiger partial charge is 0.282 e. The van der Waals surface area contributed by atoms with Crippen molar-refractivity contribution in [2.45, 2.75) is 18.8 Å². The molecule has 29 heavy (non-hydrogen) atoms. The first-order valence-corrected chi connectivity index (χ1v) is 11.6. The summed E-state index contributed by atoms with van der Waals surface area (Å²) >= 11 is 6.09. The van der Waals surface area contributed by atoms with Crippen molar-refractivity contribution in [2.24, 2.45) is 0 Å². The van der Waals surface area contributed by atoms with Crippen molar-refractivity contribution in [1.29, 1.82) is 0 Å². The van der Waals surface area contributed by atoms with E-state index in [4.69, 9.17) is 21.1 Å². The molecule has 158 valence electrons. The third-order valence-corrected chi connectivity index (χ3v) is 7.62. The molecule has 0 saturated carbocycles. The van der Waals surface area contributed by atoms with Gasteiger partial charge in [-0.15, -0.1) is 0 Å². The zero-order valence-electron chi connectivity index (χ0n) is 16.1. The SMILES string of the molecule is O=S(=O)(N1CCOCC1)N1CC[C@@H](c2cc(CCOc3ccccc3Cl)[nH]n2)C1. The third-order valence-electron chi connectivity index (χ3n) is 5.31. The van der Waals surface area contributed by atoms with E-state index in [-0.39, 0.29) is 5.92 Å². The van der Waals surface area contributed by atoms with Gasteiger partial charge < -0.3 is 9.47 Å². The van der Waals surface area contributed by atoms with E-state index in [2.05, 4.69) is 10.2 Å². The van der Waals surface area contributed by atoms with Crippen molar-refractivity contribution < 1.29 is 17.9 Å². The number of H-pyrrole nitrogens is 1. The van der Waals surface area contributed by atoms with E-state index in [0.29, 0.717) is 63.2 Å². The molecule has 2 aliphatic rings. The maximum atomic E-state index is 12.8. The van der Waals surface area contributed by atoms with Gasteiger partial charge in [-0.2, -0.15) is 22.1 Å². The lowest BCUT2D eigenvalue weighted by Gasteiger charge is -2.30. The number of nitrogens with zero attached hydrogens (tertiary/aromatic N) is 3. The molecule has 2 saturated heterocycles. The molecule has 0 radical (unpaired) electrons. The number of aromatic nitrogens is 2. The molecule has 1 aromatic heterocycles. The van der Waals surface area contributed by atoms with E-state index in [1.165, 1.54) is 4.31 Å². The summed E-state index contributed by atoms with van der Waals surface area (Å²) in [5, 5.41) is 8.04. The number of rotatable bonds is 7. The minimum absolute atomic E-state index is 0.0975. The van der Waals surface area contributed by atoms with Gasteiger partial charge in [-0.3, -0.25) is 5.10 Å². The molecule has 2 aromatic rings. The molecule has 1 aromatic carbocycles. The van der Waals surface area contributed by atoms with Gasteiger partial charge in [-0.25, -0.2) is 0 Å². The van der Waals surface area contributed by atoms with E-state index in [1.807, 2.05) is 24.3 Å². The number of morpholine rings is 1. The van der Waals surface area contributed by atoms with E-state index in [0.717, 1.165) is 17.8 Å². The monoisotopic (exact) mass is 440 g/mol. The van der Waals surface area contributed by atoms with E-state index in [1.54, 1.807) is 10.4 Å². The molecule has 1 N–H and O–H groups in total. The van der Waals surface area contributed by atoms with E-state index >= 15 is 0 Å². The Bertz CT molecular complexity index is 930. The Balaban J connectivity index is 1.31. The van der Waals surface area contributed by atoms with Crippen LogP contribution in [0.4, 0.5) is 0 Å². The van der Waals surface area contributed by atoms with Gasteiger partial charge in [0.1, 0.15) is 5.75 Å². The molecule has 0 unspecified atom stereocenters. The van der Waals surface area contributed by atoms with Crippen LogP contribution >= 0.6 is 11.6 Å². The summed E-state index contributed by atoms with van der Waals surface area (Å²) < 4.78 is 39.7. The highest BCUT2D eigenvalue weighted by molar-refractivity contribution is 7.86. The Morgan fingerprint density at radius 2 is 2.00 bits per heavy atom. The number of halogens is 1. The van der Waals surface area contributed by atoms with Crippen LogP contribution in [0.15, 0.2) is 30.3 Å². The largest absolute Gasteiger partial charge is 0.492 e. The predicted molar refractivity (Wildman–Crippen MR) is 109 cm³/mol. The van der Waals surface area contributed by atoms with Crippen molar-refractivity contribution >= 4 is 21.8 Å². The first kappa shape index (κ1) is 20.6. The summed E-state index contributed by atoms with van der Waals surface area (Å²) in [6.45, 7) is 3.20. The van der Waals surface area contributed by atoms with Crippen LogP contribution < -0.4 is 4.74 Å². The zero-order chi connectivity index (χ0) is 20.3. The van der Waals surface area contributed by atoms with Crippen molar-refractivity contribution in [1.82, 2.24) is 18.8 Å². The Labute approximate surface area is 175 Å². The van der Waals surface area contributed by atoms with Crippen LogP contribution in [-0.2, 0) is 21.4 Å². The average Bonchev–Trinajstić information content (AvgIpc) is 3.40. The number of hydrogen-bond acceptors (Lipinski definition) is 5. The summed E-state index contributed by atoms with van der Waals surface area (Å²) in [6.07, 6.45) is 1.44.